The molecular formula is C16H24BrNO. The molecule has 0 radical (unpaired) electrons. The number of hydrogen-bond acceptors (Lipinski definition) is 1. The Kier molecular flexibility index (Phi) is 5.60. The van der Waals surface area contributed by atoms with Crippen molar-refractivity contribution in [1.29, 1.82) is 0 Å². The molecule has 0 heterocycles. The van der Waals surface area contributed by atoms with Crippen LogP contribution in [0.1, 0.15) is 58.2 Å². The van der Waals surface area contributed by atoms with Gasteiger partial charge in [0.1, 0.15) is 0 Å². The van der Waals surface area contributed by atoms with Gasteiger partial charge in [-0.25, -0.2) is 0 Å². The maximum absolute atomic E-state index is 11.8. The fraction of sp³-hybridized carbons (Fsp3) is 0.562. The first-order chi connectivity index (χ1) is 8.75. The lowest BCUT2D eigenvalue weighted by Gasteiger charge is -2.21. The summed E-state index contributed by atoms with van der Waals surface area (Å²) in [7, 11) is 0. The third-order valence-electron chi connectivity index (χ3n) is 3.28. The van der Waals surface area contributed by atoms with Crippen molar-refractivity contribution < 1.29 is 4.79 Å². The second-order valence-corrected chi connectivity index (χ2v) is 7.08. The Morgan fingerprint density at radius 1 is 1.26 bits per heavy atom. The van der Waals surface area contributed by atoms with E-state index in [0.717, 1.165) is 12.0 Å². The van der Waals surface area contributed by atoms with Crippen molar-refractivity contribution in [2.45, 2.75) is 57.3 Å². The average Bonchev–Trinajstić information content (AvgIpc) is 2.36. The van der Waals surface area contributed by atoms with Crippen LogP contribution in [0.3, 0.4) is 0 Å². The summed E-state index contributed by atoms with van der Waals surface area (Å²) in [5.41, 5.74) is 2.60. The van der Waals surface area contributed by atoms with Gasteiger partial charge in [0.2, 0.25) is 5.91 Å². The molecule has 0 aliphatic carbocycles. The van der Waals surface area contributed by atoms with Crippen LogP contribution in [-0.2, 0) is 10.2 Å². The van der Waals surface area contributed by atoms with Gasteiger partial charge < -0.3 is 5.32 Å². The van der Waals surface area contributed by atoms with E-state index in [1.54, 1.807) is 0 Å². The molecule has 1 rings (SSSR count). The lowest BCUT2D eigenvalue weighted by molar-refractivity contribution is -0.121. The number of benzene rings is 1. The van der Waals surface area contributed by atoms with E-state index in [4.69, 9.17) is 0 Å². The van der Waals surface area contributed by atoms with Crippen LogP contribution in [-0.4, -0.2) is 10.7 Å². The van der Waals surface area contributed by atoms with E-state index in [2.05, 4.69) is 66.3 Å². The molecule has 0 saturated heterocycles. The number of hydrogen-bond donors (Lipinski definition) is 1. The van der Waals surface area contributed by atoms with Gasteiger partial charge >= 0.3 is 0 Å². The van der Waals surface area contributed by atoms with E-state index in [1.807, 2.05) is 13.8 Å². The molecule has 2 atom stereocenters. The Labute approximate surface area is 125 Å². The van der Waals surface area contributed by atoms with Gasteiger partial charge in [-0.3, -0.25) is 4.79 Å². The minimum atomic E-state index is -0.108. The van der Waals surface area contributed by atoms with Gasteiger partial charge in [-0.05, 0) is 29.9 Å². The van der Waals surface area contributed by atoms with Crippen LogP contribution in [0.4, 0.5) is 0 Å². The predicted octanol–water partition coefficient (Wildman–Crippen LogP) is 4.33. The topological polar surface area (TPSA) is 29.1 Å². The number of nitrogens with one attached hydrogen (secondary N) is 1. The van der Waals surface area contributed by atoms with Gasteiger partial charge in [-0.1, -0.05) is 67.9 Å². The fourth-order valence-electron chi connectivity index (χ4n) is 1.84. The first-order valence-electron chi connectivity index (χ1n) is 6.80. The zero-order valence-corrected chi connectivity index (χ0v) is 14.0. The molecule has 0 aromatic heterocycles. The molecule has 0 saturated carbocycles. The monoisotopic (exact) mass is 325 g/mol. The van der Waals surface area contributed by atoms with Crippen LogP contribution >= 0.6 is 15.9 Å². The zero-order valence-electron chi connectivity index (χ0n) is 12.5. The van der Waals surface area contributed by atoms with Crippen molar-refractivity contribution >= 4 is 21.8 Å². The summed E-state index contributed by atoms with van der Waals surface area (Å²) >= 11 is 3.37. The highest BCUT2D eigenvalue weighted by atomic mass is 79.9. The van der Waals surface area contributed by atoms with E-state index < -0.39 is 0 Å². The third-order valence-corrected chi connectivity index (χ3v) is 4.34. The molecule has 2 unspecified atom stereocenters. The molecule has 106 valence electrons. The molecule has 0 aliphatic heterocycles. The first-order valence-corrected chi connectivity index (χ1v) is 7.72. The molecule has 2 nitrogen and oxygen atoms in total. The Bertz CT molecular complexity index is 419. The quantitative estimate of drug-likeness (QED) is 0.820. The van der Waals surface area contributed by atoms with Crippen molar-refractivity contribution in [1.82, 2.24) is 5.32 Å². The summed E-state index contributed by atoms with van der Waals surface area (Å²) in [6.07, 6.45) is 0.793. The van der Waals surface area contributed by atoms with Gasteiger partial charge in [-0.2, -0.15) is 0 Å². The minimum Gasteiger partial charge on any atom is -0.349 e. The van der Waals surface area contributed by atoms with E-state index in [0.29, 0.717) is 0 Å². The standard InChI is InChI=1S/C16H24BrNO/c1-6-14(17)15(19)18-11(2)12-7-9-13(10-8-12)16(3,4)5/h7-11,14H,6H2,1-5H3,(H,18,19). The van der Waals surface area contributed by atoms with Crippen molar-refractivity contribution in [2.75, 3.05) is 0 Å². The summed E-state index contributed by atoms with van der Waals surface area (Å²) in [5, 5.41) is 3.02. The van der Waals surface area contributed by atoms with E-state index in [-0.39, 0.29) is 22.2 Å². The minimum absolute atomic E-state index is 0.0353. The van der Waals surface area contributed by atoms with Crippen LogP contribution in [0.25, 0.3) is 0 Å². The highest BCUT2D eigenvalue weighted by molar-refractivity contribution is 9.10. The second kappa shape index (κ2) is 6.56. The highest BCUT2D eigenvalue weighted by Crippen LogP contribution is 2.24. The Morgan fingerprint density at radius 2 is 1.79 bits per heavy atom. The summed E-state index contributed by atoms with van der Waals surface area (Å²) in [6, 6.07) is 8.52. The van der Waals surface area contributed by atoms with Crippen molar-refractivity contribution in [3.05, 3.63) is 35.4 Å². The van der Waals surface area contributed by atoms with Crippen molar-refractivity contribution in [2.24, 2.45) is 0 Å². The largest absolute Gasteiger partial charge is 0.349 e. The number of halogens is 1. The molecule has 0 spiro atoms. The molecule has 1 aromatic rings. The SMILES string of the molecule is CCC(Br)C(=O)NC(C)c1ccc(C(C)(C)C)cc1. The van der Waals surface area contributed by atoms with E-state index in [9.17, 15) is 4.79 Å². The van der Waals surface area contributed by atoms with Gasteiger partial charge in [0.15, 0.2) is 0 Å². The maximum Gasteiger partial charge on any atom is 0.234 e. The predicted molar refractivity (Wildman–Crippen MR) is 84.7 cm³/mol. The average molecular weight is 326 g/mol. The molecule has 19 heavy (non-hydrogen) atoms. The zero-order chi connectivity index (χ0) is 14.6. The highest BCUT2D eigenvalue weighted by Gasteiger charge is 2.17. The van der Waals surface area contributed by atoms with Crippen molar-refractivity contribution in [3.63, 3.8) is 0 Å². The molecule has 0 bridgehead atoms. The Hall–Kier alpha value is -0.830. The molecule has 0 fully saturated rings. The van der Waals surface area contributed by atoms with Crippen LogP contribution in [0, 0.1) is 0 Å². The van der Waals surface area contributed by atoms with E-state index >= 15 is 0 Å². The summed E-state index contributed by atoms with van der Waals surface area (Å²) < 4.78 is 0. The number of carbonyl (C=O) groups is 1. The van der Waals surface area contributed by atoms with Crippen LogP contribution in [0.2, 0.25) is 0 Å². The smallest absolute Gasteiger partial charge is 0.234 e. The van der Waals surface area contributed by atoms with Crippen LogP contribution < -0.4 is 5.32 Å². The molecule has 1 amide bonds. The van der Waals surface area contributed by atoms with Crippen LogP contribution in [0.15, 0.2) is 24.3 Å². The fourth-order valence-corrected chi connectivity index (χ4v) is 1.98. The molecule has 3 heteroatoms. The third kappa shape index (κ3) is 4.64. The van der Waals surface area contributed by atoms with E-state index in [1.165, 1.54) is 5.56 Å². The number of carbonyl (C=O) groups excluding carboxylic acids is 1. The summed E-state index contributed by atoms with van der Waals surface area (Å²) in [4.78, 5) is 11.7. The van der Waals surface area contributed by atoms with Crippen molar-refractivity contribution in [3.8, 4) is 0 Å². The molecule has 1 aromatic carbocycles. The number of rotatable bonds is 4. The lowest BCUT2D eigenvalue weighted by Crippen LogP contribution is -2.32. The summed E-state index contributed by atoms with van der Waals surface area (Å²) in [5.74, 6) is 0.0508. The number of alkyl halides is 1. The second-order valence-electron chi connectivity index (χ2n) is 5.98. The first kappa shape index (κ1) is 16.2. The van der Waals surface area contributed by atoms with Gasteiger partial charge in [-0.15, -0.1) is 0 Å². The van der Waals surface area contributed by atoms with Crippen LogP contribution in [0.5, 0.6) is 0 Å². The molecular weight excluding hydrogens is 302 g/mol. The molecule has 0 aliphatic rings. The van der Waals surface area contributed by atoms with Gasteiger partial charge in [0.25, 0.3) is 0 Å². The normalized spacial score (nSPS) is 14.8. The Morgan fingerprint density at radius 3 is 2.21 bits per heavy atom. The molecule has 1 N–H and O–H groups in total. The maximum atomic E-state index is 11.8. The Balaban J connectivity index is 2.73. The van der Waals surface area contributed by atoms with Gasteiger partial charge in [0, 0.05) is 0 Å². The lowest BCUT2D eigenvalue weighted by atomic mass is 9.86. The van der Waals surface area contributed by atoms with Gasteiger partial charge in [0.05, 0.1) is 10.9 Å². The number of amides is 1. The summed E-state index contributed by atoms with van der Waals surface area (Å²) in [6.45, 7) is 10.6.